The molecule has 2 bridgehead atoms. The SMILES string of the molecule is O=C(C[C@H]1C[C@@H]2CC[C@@H]1C2)Nc1cc(C(F)(F)F)ccc1N1CCOCC1. The van der Waals surface area contributed by atoms with E-state index in [1.807, 2.05) is 4.90 Å². The molecule has 7 heteroatoms. The first-order chi connectivity index (χ1) is 12.9. The molecule has 27 heavy (non-hydrogen) atoms. The van der Waals surface area contributed by atoms with Crippen molar-refractivity contribution in [3.8, 4) is 0 Å². The molecule has 1 saturated heterocycles. The van der Waals surface area contributed by atoms with Crippen molar-refractivity contribution in [3.63, 3.8) is 0 Å². The van der Waals surface area contributed by atoms with Gasteiger partial charge in [-0.25, -0.2) is 0 Å². The van der Waals surface area contributed by atoms with Crippen LogP contribution in [-0.2, 0) is 15.7 Å². The number of fused-ring (bicyclic) bond motifs is 2. The Hall–Kier alpha value is -1.76. The zero-order valence-corrected chi connectivity index (χ0v) is 15.2. The lowest BCUT2D eigenvalue weighted by Gasteiger charge is -2.31. The molecule has 4 nitrogen and oxygen atoms in total. The van der Waals surface area contributed by atoms with E-state index >= 15 is 0 Å². The predicted molar refractivity (Wildman–Crippen MR) is 96.7 cm³/mol. The Bertz CT molecular complexity index is 701. The number of hydrogen-bond donors (Lipinski definition) is 1. The van der Waals surface area contributed by atoms with Crippen LogP contribution in [0.3, 0.4) is 0 Å². The van der Waals surface area contributed by atoms with Gasteiger partial charge in [-0.2, -0.15) is 13.2 Å². The third kappa shape index (κ3) is 4.08. The van der Waals surface area contributed by atoms with Gasteiger partial charge in [0.2, 0.25) is 5.91 Å². The number of anilines is 2. The van der Waals surface area contributed by atoms with Gasteiger partial charge < -0.3 is 15.0 Å². The van der Waals surface area contributed by atoms with E-state index in [0.717, 1.165) is 24.5 Å². The molecule has 1 aliphatic heterocycles. The highest BCUT2D eigenvalue weighted by molar-refractivity contribution is 5.94. The summed E-state index contributed by atoms with van der Waals surface area (Å²) >= 11 is 0. The van der Waals surface area contributed by atoms with E-state index in [9.17, 15) is 18.0 Å². The zero-order valence-electron chi connectivity index (χ0n) is 15.2. The van der Waals surface area contributed by atoms with Crippen LogP contribution in [0.1, 0.15) is 37.7 Å². The first kappa shape index (κ1) is 18.6. The predicted octanol–water partition coefficient (Wildman–Crippen LogP) is 4.31. The average molecular weight is 382 g/mol. The molecule has 1 aromatic carbocycles. The van der Waals surface area contributed by atoms with Gasteiger partial charge in [0.25, 0.3) is 0 Å². The highest BCUT2D eigenvalue weighted by Gasteiger charge is 2.40. The first-order valence-corrected chi connectivity index (χ1v) is 9.74. The van der Waals surface area contributed by atoms with Gasteiger partial charge in [0.1, 0.15) is 0 Å². The molecule has 3 fully saturated rings. The smallest absolute Gasteiger partial charge is 0.378 e. The van der Waals surface area contributed by atoms with Crippen molar-refractivity contribution in [3.05, 3.63) is 23.8 Å². The molecular formula is C20H25F3N2O2. The third-order valence-corrected chi connectivity index (χ3v) is 6.28. The van der Waals surface area contributed by atoms with Crippen LogP contribution in [0.15, 0.2) is 18.2 Å². The number of ether oxygens (including phenoxy) is 1. The summed E-state index contributed by atoms with van der Waals surface area (Å²) in [7, 11) is 0. The van der Waals surface area contributed by atoms with Crippen LogP contribution in [0.4, 0.5) is 24.5 Å². The van der Waals surface area contributed by atoms with Gasteiger partial charge in [-0.05, 0) is 55.2 Å². The lowest BCUT2D eigenvalue weighted by Crippen LogP contribution is -2.37. The van der Waals surface area contributed by atoms with Crippen molar-refractivity contribution < 1.29 is 22.7 Å². The fourth-order valence-corrected chi connectivity index (χ4v) is 4.96. The van der Waals surface area contributed by atoms with E-state index in [1.54, 1.807) is 0 Å². The van der Waals surface area contributed by atoms with Crippen molar-refractivity contribution in [2.24, 2.45) is 17.8 Å². The highest BCUT2D eigenvalue weighted by Crippen LogP contribution is 2.49. The minimum Gasteiger partial charge on any atom is -0.378 e. The number of rotatable bonds is 4. The summed E-state index contributed by atoms with van der Waals surface area (Å²) in [4.78, 5) is 14.6. The largest absolute Gasteiger partial charge is 0.416 e. The number of alkyl halides is 3. The fourth-order valence-electron chi connectivity index (χ4n) is 4.96. The zero-order chi connectivity index (χ0) is 19.0. The lowest BCUT2D eigenvalue weighted by molar-refractivity contribution is -0.137. The second kappa shape index (κ2) is 7.34. The van der Waals surface area contributed by atoms with Gasteiger partial charge in [-0.15, -0.1) is 0 Å². The number of hydrogen-bond acceptors (Lipinski definition) is 3. The average Bonchev–Trinajstić information content (AvgIpc) is 3.24. The van der Waals surface area contributed by atoms with Gasteiger partial charge in [-0.1, -0.05) is 6.42 Å². The molecule has 0 aromatic heterocycles. The summed E-state index contributed by atoms with van der Waals surface area (Å²) in [6, 6.07) is 3.60. The van der Waals surface area contributed by atoms with E-state index in [1.165, 1.54) is 25.3 Å². The van der Waals surface area contributed by atoms with E-state index in [4.69, 9.17) is 4.74 Å². The summed E-state index contributed by atoms with van der Waals surface area (Å²) in [6.07, 6.45) is 0.702. The van der Waals surface area contributed by atoms with Gasteiger partial charge in [-0.3, -0.25) is 4.79 Å². The molecule has 2 saturated carbocycles. The summed E-state index contributed by atoms with van der Waals surface area (Å²) in [5, 5.41) is 2.79. The maximum Gasteiger partial charge on any atom is 0.416 e. The molecule has 3 aliphatic rings. The highest BCUT2D eigenvalue weighted by atomic mass is 19.4. The normalized spacial score (nSPS) is 27.8. The molecule has 2 aliphatic carbocycles. The number of nitrogens with one attached hydrogen (secondary N) is 1. The Morgan fingerprint density at radius 1 is 1.19 bits per heavy atom. The van der Waals surface area contributed by atoms with Gasteiger partial charge in [0.15, 0.2) is 0 Å². The third-order valence-electron chi connectivity index (χ3n) is 6.28. The minimum atomic E-state index is -4.44. The maximum absolute atomic E-state index is 13.2. The quantitative estimate of drug-likeness (QED) is 0.844. The van der Waals surface area contributed by atoms with Crippen LogP contribution in [0.5, 0.6) is 0 Å². The number of morpholine rings is 1. The number of benzene rings is 1. The Morgan fingerprint density at radius 3 is 2.59 bits per heavy atom. The van der Waals surface area contributed by atoms with Gasteiger partial charge in [0, 0.05) is 19.5 Å². The summed E-state index contributed by atoms with van der Waals surface area (Å²) in [6.45, 7) is 2.25. The minimum absolute atomic E-state index is 0.179. The molecule has 1 heterocycles. The van der Waals surface area contributed by atoms with E-state index in [0.29, 0.717) is 50.2 Å². The molecule has 1 aromatic rings. The fraction of sp³-hybridized carbons (Fsp3) is 0.650. The molecule has 0 radical (unpaired) electrons. The number of amides is 1. The standard InChI is InChI=1S/C20H25F3N2O2/c21-20(22,23)16-3-4-18(25-5-7-27-8-6-25)17(12-16)24-19(26)11-15-10-13-1-2-14(15)9-13/h3-4,12-15H,1-2,5-11H2,(H,24,26)/t13-,14-,15-/m1/s1. The van der Waals surface area contributed by atoms with Crippen LogP contribution in [0.25, 0.3) is 0 Å². The Labute approximate surface area is 157 Å². The van der Waals surface area contributed by atoms with Crippen molar-refractivity contribution in [1.29, 1.82) is 0 Å². The van der Waals surface area contributed by atoms with Crippen molar-refractivity contribution >= 4 is 17.3 Å². The monoisotopic (exact) mass is 382 g/mol. The van der Waals surface area contributed by atoms with Crippen LogP contribution < -0.4 is 10.2 Å². The molecule has 0 unspecified atom stereocenters. The molecule has 3 atom stereocenters. The van der Waals surface area contributed by atoms with Crippen LogP contribution in [0.2, 0.25) is 0 Å². The van der Waals surface area contributed by atoms with Crippen molar-refractivity contribution in [2.75, 3.05) is 36.5 Å². The van der Waals surface area contributed by atoms with Gasteiger partial charge in [0.05, 0.1) is 30.2 Å². The van der Waals surface area contributed by atoms with E-state index < -0.39 is 11.7 Å². The lowest BCUT2D eigenvalue weighted by atomic mass is 9.86. The Morgan fingerprint density at radius 2 is 1.96 bits per heavy atom. The number of halogens is 3. The Kier molecular flexibility index (Phi) is 5.05. The summed E-state index contributed by atoms with van der Waals surface area (Å²) in [5.74, 6) is 1.55. The summed E-state index contributed by atoms with van der Waals surface area (Å²) in [5.41, 5.74) is 0.141. The molecule has 148 valence electrons. The maximum atomic E-state index is 13.2. The second-order valence-electron chi connectivity index (χ2n) is 8.02. The van der Waals surface area contributed by atoms with Crippen LogP contribution in [0, 0.1) is 17.8 Å². The molecule has 4 rings (SSSR count). The Balaban J connectivity index is 1.52. The first-order valence-electron chi connectivity index (χ1n) is 9.74. The molecule has 0 spiro atoms. The topological polar surface area (TPSA) is 41.6 Å². The molecule has 1 N–H and O–H groups in total. The van der Waals surface area contributed by atoms with E-state index in [2.05, 4.69) is 5.32 Å². The second-order valence-corrected chi connectivity index (χ2v) is 8.02. The van der Waals surface area contributed by atoms with Crippen LogP contribution >= 0.6 is 0 Å². The molecule has 1 amide bonds. The number of carbonyl (C=O) groups is 1. The van der Waals surface area contributed by atoms with Crippen molar-refractivity contribution in [1.82, 2.24) is 0 Å². The number of carbonyl (C=O) groups excluding carboxylic acids is 1. The van der Waals surface area contributed by atoms with Gasteiger partial charge >= 0.3 is 6.18 Å². The van der Waals surface area contributed by atoms with Crippen molar-refractivity contribution in [2.45, 2.75) is 38.3 Å². The summed E-state index contributed by atoms with van der Waals surface area (Å²) < 4.78 is 44.8. The number of nitrogens with zero attached hydrogens (tertiary/aromatic N) is 1. The van der Waals surface area contributed by atoms with E-state index in [-0.39, 0.29) is 11.6 Å². The molecular weight excluding hydrogens is 357 g/mol. The van der Waals surface area contributed by atoms with Crippen LogP contribution in [-0.4, -0.2) is 32.2 Å².